The Hall–Kier alpha value is -3.75. The smallest absolute Gasteiger partial charge is 0.257 e. The van der Waals surface area contributed by atoms with Crippen LogP contribution in [0.15, 0.2) is 78.9 Å². The zero-order valence-electron chi connectivity index (χ0n) is 19.6. The van der Waals surface area contributed by atoms with Crippen molar-refractivity contribution in [3.63, 3.8) is 0 Å². The van der Waals surface area contributed by atoms with Crippen LogP contribution in [0.25, 0.3) is 0 Å². The van der Waals surface area contributed by atoms with Crippen LogP contribution in [0.1, 0.15) is 32.7 Å². The van der Waals surface area contributed by atoms with E-state index in [1.807, 2.05) is 30.3 Å². The molecule has 0 aliphatic rings. The molecule has 0 heterocycles. The van der Waals surface area contributed by atoms with Crippen molar-refractivity contribution in [3.05, 3.63) is 95.6 Å². The van der Waals surface area contributed by atoms with Crippen molar-refractivity contribution in [1.29, 1.82) is 0 Å². The first kappa shape index (κ1) is 25.9. The highest BCUT2D eigenvalue weighted by atomic mass is 32.1. The number of hydrogen-bond donors (Lipinski definition) is 3. The Labute approximate surface area is 210 Å². The number of thiocarbonyl (C=S) groups is 1. The fraction of sp³-hybridized carbons (Fsp3) is 0.222. The van der Waals surface area contributed by atoms with Crippen LogP contribution in [0.5, 0.6) is 5.75 Å². The van der Waals surface area contributed by atoms with E-state index in [4.69, 9.17) is 21.7 Å². The van der Waals surface area contributed by atoms with Gasteiger partial charge in [-0.1, -0.05) is 48.5 Å². The normalized spacial score (nSPS) is 10.3. The van der Waals surface area contributed by atoms with Gasteiger partial charge in [-0.2, -0.15) is 0 Å². The highest BCUT2D eigenvalue weighted by molar-refractivity contribution is 7.80. The van der Waals surface area contributed by atoms with Gasteiger partial charge < -0.3 is 20.1 Å². The summed E-state index contributed by atoms with van der Waals surface area (Å²) in [6.45, 7) is 1.56. The lowest BCUT2D eigenvalue weighted by molar-refractivity contribution is 0.0947. The van der Waals surface area contributed by atoms with Crippen LogP contribution in [0, 0.1) is 0 Å². The van der Waals surface area contributed by atoms with Gasteiger partial charge in [-0.05, 0) is 54.5 Å². The van der Waals surface area contributed by atoms with E-state index in [0.29, 0.717) is 48.7 Å². The second kappa shape index (κ2) is 13.8. The van der Waals surface area contributed by atoms with E-state index in [9.17, 15) is 9.59 Å². The first-order chi connectivity index (χ1) is 17.1. The number of carbonyl (C=O) groups excluding carboxylic acids is 2. The summed E-state index contributed by atoms with van der Waals surface area (Å²) in [6, 6.07) is 23.9. The molecule has 0 unspecified atom stereocenters. The van der Waals surface area contributed by atoms with Gasteiger partial charge in [0, 0.05) is 32.2 Å². The van der Waals surface area contributed by atoms with Gasteiger partial charge in [0.15, 0.2) is 5.11 Å². The zero-order chi connectivity index (χ0) is 24.9. The maximum atomic E-state index is 12.7. The fourth-order valence-electron chi connectivity index (χ4n) is 3.29. The summed E-state index contributed by atoms with van der Waals surface area (Å²) in [7, 11) is 1.62. The van der Waals surface area contributed by atoms with E-state index in [-0.39, 0.29) is 16.9 Å². The maximum absolute atomic E-state index is 12.7. The van der Waals surface area contributed by atoms with Crippen molar-refractivity contribution in [1.82, 2.24) is 10.6 Å². The summed E-state index contributed by atoms with van der Waals surface area (Å²) >= 11 is 5.31. The number of nitrogens with one attached hydrogen (secondary N) is 3. The number of ether oxygens (including phenoxy) is 2. The predicted molar refractivity (Wildman–Crippen MR) is 141 cm³/mol. The van der Waals surface area contributed by atoms with E-state index in [0.717, 1.165) is 6.42 Å². The number of benzene rings is 3. The molecule has 0 aliphatic heterocycles. The SMILES string of the molecule is COCCCNC(=O)c1ccccc1NC(=S)NC(=O)c1cccc(OCCc2ccccc2)c1. The van der Waals surface area contributed by atoms with Crippen LogP contribution in [0.4, 0.5) is 5.69 Å². The minimum absolute atomic E-state index is 0.0880. The average molecular weight is 492 g/mol. The number of amides is 2. The lowest BCUT2D eigenvalue weighted by Crippen LogP contribution is -2.35. The molecule has 3 N–H and O–H groups in total. The third-order valence-corrected chi connectivity index (χ3v) is 5.26. The topological polar surface area (TPSA) is 88.7 Å². The Bertz CT molecular complexity index is 1140. The lowest BCUT2D eigenvalue weighted by atomic mass is 10.1. The zero-order valence-corrected chi connectivity index (χ0v) is 20.4. The molecule has 182 valence electrons. The molecule has 0 aromatic heterocycles. The molecular formula is C27H29N3O4S. The molecule has 2 amide bonds. The molecule has 0 saturated carbocycles. The van der Waals surface area contributed by atoms with E-state index in [1.54, 1.807) is 55.6 Å². The summed E-state index contributed by atoms with van der Waals surface area (Å²) in [4.78, 5) is 25.3. The molecule has 0 radical (unpaired) electrons. The second-order valence-corrected chi connectivity index (χ2v) is 8.08. The van der Waals surface area contributed by atoms with Crippen LogP contribution >= 0.6 is 12.2 Å². The van der Waals surface area contributed by atoms with Crippen molar-refractivity contribution in [2.75, 3.05) is 32.2 Å². The van der Waals surface area contributed by atoms with Crippen LogP contribution in [0.2, 0.25) is 0 Å². The molecule has 0 spiro atoms. The van der Waals surface area contributed by atoms with Gasteiger partial charge in [0.2, 0.25) is 0 Å². The minimum Gasteiger partial charge on any atom is -0.493 e. The molecule has 0 saturated heterocycles. The second-order valence-electron chi connectivity index (χ2n) is 7.67. The molecule has 35 heavy (non-hydrogen) atoms. The van der Waals surface area contributed by atoms with E-state index in [1.165, 1.54) is 5.56 Å². The Balaban J connectivity index is 1.54. The van der Waals surface area contributed by atoms with E-state index < -0.39 is 0 Å². The van der Waals surface area contributed by atoms with Crippen LogP contribution in [0.3, 0.4) is 0 Å². The molecule has 7 nitrogen and oxygen atoms in total. The van der Waals surface area contributed by atoms with Crippen molar-refractivity contribution in [2.24, 2.45) is 0 Å². The quantitative estimate of drug-likeness (QED) is 0.275. The standard InChI is InChI=1S/C27H29N3O4S/c1-33-17-8-16-28-26(32)23-13-5-6-14-24(23)29-27(35)30-25(31)21-11-7-12-22(19-21)34-18-15-20-9-3-2-4-10-20/h2-7,9-14,19H,8,15-18H2,1H3,(H,28,32)(H2,29,30,31,35). The van der Waals surface area contributed by atoms with Gasteiger partial charge in [0.1, 0.15) is 5.75 Å². The van der Waals surface area contributed by atoms with Gasteiger partial charge in [-0.25, -0.2) is 0 Å². The lowest BCUT2D eigenvalue weighted by Gasteiger charge is -2.14. The summed E-state index contributed by atoms with van der Waals surface area (Å²) in [6.07, 6.45) is 1.48. The Morgan fingerprint density at radius 3 is 2.46 bits per heavy atom. The number of hydrogen-bond acceptors (Lipinski definition) is 5. The molecule has 0 bridgehead atoms. The van der Waals surface area contributed by atoms with Crippen molar-refractivity contribution in [2.45, 2.75) is 12.8 Å². The molecule has 0 aliphatic carbocycles. The van der Waals surface area contributed by atoms with Gasteiger partial charge in [0.25, 0.3) is 11.8 Å². The third-order valence-electron chi connectivity index (χ3n) is 5.06. The molecule has 0 fully saturated rings. The highest BCUT2D eigenvalue weighted by Crippen LogP contribution is 2.16. The average Bonchev–Trinajstić information content (AvgIpc) is 2.87. The molecule has 3 aromatic carbocycles. The first-order valence-corrected chi connectivity index (χ1v) is 11.7. The molecule has 3 rings (SSSR count). The fourth-order valence-corrected chi connectivity index (χ4v) is 3.49. The van der Waals surface area contributed by atoms with Crippen LogP contribution in [-0.4, -0.2) is 43.8 Å². The van der Waals surface area contributed by atoms with Crippen molar-refractivity contribution in [3.8, 4) is 5.75 Å². The Kier molecular flexibility index (Phi) is 10.2. The predicted octanol–water partition coefficient (Wildman–Crippen LogP) is 4.20. The first-order valence-electron chi connectivity index (χ1n) is 11.3. The monoisotopic (exact) mass is 491 g/mol. The molecule has 3 aromatic rings. The number of carbonyl (C=O) groups is 2. The third kappa shape index (κ3) is 8.51. The highest BCUT2D eigenvalue weighted by Gasteiger charge is 2.14. The largest absolute Gasteiger partial charge is 0.493 e. The van der Waals surface area contributed by atoms with Gasteiger partial charge in [-0.15, -0.1) is 0 Å². The van der Waals surface area contributed by atoms with Crippen molar-refractivity contribution < 1.29 is 19.1 Å². The minimum atomic E-state index is -0.377. The van der Waals surface area contributed by atoms with Gasteiger partial charge >= 0.3 is 0 Å². The Morgan fingerprint density at radius 1 is 0.886 bits per heavy atom. The van der Waals surface area contributed by atoms with E-state index >= 15 is 0 Å². The number of anilines is 1. The van der Waals surface area contributed by atoms with Crippen molar-refractivity contribution >= 4 is 34.8 Å². The van der Waals surface area contributed by atoms with Gasteiger partial charge in [0.05, 0.1) is 17.9 Å². The van der Waals surface area contributed by atoms with Crippen LogP contribution < -0.4 is 20.7 Å². The summed E-state index contributed by atoms with van der Waals surface area (Å²) < 4.78 is 10.8. The number of rotatable bonds is 11. The Morgan fingerprint density at radius 2 is 1.66 bits per heavy atom. The van der Waals surface area contributed by atoms with Crippen LogP contribution in [-0.2, 0) is 11.2 Å². The maximum Gasteiger partial charge on any atom is 0.257 e. The molecule has 8 heteroatoms. The number of para-hydroxylation sites is 1. The summed E-state index contributed by atoms with van der Waals surface area (Å²) in [5, 5.41) is 8.53. The van der Waals surface area contributed by atoms with E-state index in [2.05, 4.69) is 16.0 Å². The molecular weight excluding hydrogens is 462 g/mol. The molecule has 0 atom stereocenters. The van der Waals surface area contributed by atoms with Gasteiger partial charge in [-0.3, -0.25) is 14.9 Å². The summed E-state index contributed by atoms with van der Waals surface area (Å²) in [5.74, 6) is -0.0147. The summed E-state index contributed by atoms with van der Waals surface area (Å²) in [5.41, 5.74) is 2.52. The number of methoxy groups -OCH3 is 1.